The fraction of sp³-hybridized carbons (Fsp3) is 0.238. The number of pyridine rings is 1. The summed E-state index contributed by atoms with van der Waals surface area (Å²) in [4.78, 5) is 29.2. The number of rotatable bonds is 7. The second-order valence-corrected chi connectivity index (χ2v) is 6.43. The average molecular weight is 349 g/mol. The zero-order valence-electron chi connectivity index (χ0n) is 14.9. The number of hydrogen-bond donors (Lipinski definition) is 2. The molecule has 1 heterocycles. The standard InChI is InChI=1S/C21H23N3O2/c1-24(15-16-8-3-2-4-9-16)13-7-12-22-21(26)18-14-20(25)23-19-11-6-5-10-17(18)19/h2-6,8-11,14H,7,12-13,15H2,1H3,(H,22,26)(H,23,25). The van der Waals surface area contributed by atoms with E-state index < -0.39 is 0 Å². The van der Waals surface area contributed by atoms with Crippen LogP contribution >= 0.6 is 0 Å². The number of nitrogens with zero attached hydrogens (tertiary/aromatic N) is 1. The Bertz CT molecular complexity index is 935. The molecule has 3 aromatic rings. The number of aromatic nitrogens is 1. The molecule has 0 saturated heterocycles. The fourth-order valence-corrected chi connectivity index (χ4v) is 3.01. The minimum atomic E-state index is -0.267. The largest absolute Gasteiger partial charge is 0.352 e. The molecule has 0 aliphatic heterocycles. The maximum absolute atomic E-state index is 12.5. The number of carbonyl (C=O) groups is 1. The number of amides is 1. The van der Waals surface area contributed by atoms with Gasteiger partial charge in [-0.15, -0.1) is 0 Å². The molecule has 2 aromatic carbocycles. The van der Waals surface area contributed by atoms with Gasteiger partial charge in [0.2, 0.25) is 5.56 Å². The molecule has 3 rings (SSSR count). The summed E-state index contributed by atoms with van der Waals surface area (Å²) in [6, 6.07) is 19.0. The molecule has 0 aliphatic rings. The van der Waals surface area contributed by atoms with Crippen molar-refractivity contribution in [2.45, 2.75) is 13.0 Å². The quantitative estimate of drug-likeness (QED) is 0.645. The molecule has 134 valence electrons. The third-order valence-electron chi connectivity index (χ3n) is 4.29. The smallest absolute Gasteiger partial charge is 0.252 e. The summed E-state index contributed by atoms with van der Waals surface area (Å²) in [5.41, 5.74) is 2.10. The molecule has 2 N–H and O–H groups in total. The maximum atomic E-state index is 12.5. The Kier molecular flexibility index (Phi) is 5.81. The number of H-pyrrole nitrogens is 1. The minimum Gasteiger partial charge on any atom is -0.352 e. The summed E-state index contributed by atoms with van der Waals surface area (Å²) in [6.07, 6.45) is 0.843. The molecule has 0 fully saturated rings. The van der Waals surface area contributed by atoms with Crippen molar-refractivity contribution in [3.8, 4) is 0 Å². The SMILES string of the molecule is CN(CCCNC(=O)c1cc(=O)[nH]c2ccccc12)Cc1ccccc1. The van der Waals surface area contributed by atoms with Crippen LogP contribution in [-0.2, 0) is 6.54 Å². The van der Waals surface area contributed by atoms with Crippen molar-refractivity contribution in [1.82, 2.24) is 15.2 Å². The van der Waals surface area contributed by atoms with Gasteiger partial charge >= 0.3 is 0 Å². The lowest BCUT2D eigenvalue weighted by Crippen LogP contribution is -2.29. The molecule has 5 nitrogen and oxygen atoms in total. The van der Waals surface area contributed by atoms with Crippen molar-refractivity contribution in [2.75, 3.05) is 20.1 Å². The topological polar surface area (TPSA) is 65.2 Å². The second-order valence-electron chi connectivity index (χ2n) is 6.43. The van der Waals surface area contributed by atoms with Crippen LogP contribution < -0.4 is 10.9 Å². The van der Waals surface area contributed by atoms with E-state index in [0.717, 1.165) is 24.9 Å². The van der Waals surface area contributed by atoms with Gasteiger partial charge in [-0.1, -0.05) is 48.5 Å². The Labute approximate surface area is 152 Å². The molecule has 0 radical (unpaired) electrons. The Balaban J connectivity index is 1.53. The summed E-state index contributed by atoms with van der Waals surface area (Å²) in [7, 11) is 2.07. The highest BCUT2D eigenvalue weighted by Gasteiger charge is 2.11. The van der Waals surface area contributed by atoms with Gasteiger partial charge in [0.05, 0.1) is 5.56 Å². The van der Waals surface area contributed by atoms with E-state index in [1.54, 1.807) is 6.07 Å². The zero-order valence-corrected chi connectivity index (χ0v) is 14.9. The molecule has 0 unspecified atom stereocenters. The van der Waals surface area contributed by atoms with E-state index in [4.69, 9.17) is 0 Å². The number of nitrogens with one attached hydrogen (secondary N) is 2. The predicted octanol–water partition coefficient (Wildman–Crippen LogP) is 2.78. The third-order valence-corrected chi connectivity index (χ3v) is 4.29. The van der Waals surface area contributed by atoms with Crippen molar-refractivity contribution < 1.29 is 4.79 Å². The van der Waals surface area contributed by atoms with Crippen LogP contribution in [0.1, 0.15) is 22.3 Å². The molecule has 1 amide bonds. The van der Waals surface area contributed by atoms with Crippen LogP contribution in [-0.4, -0.2) is 35.9 Å². The molecule has 0 atom stereocenters. The Morgan fingerprint density at radius 1 is 1.08 bits per heavy atom. The lowest BCUT2D eigenvalue weighted by Gasteiger charge is -2.16. The Hall–Kier alpha value is -2.92. The van der Waals surface area contributed by atoms with Gasteiger partial charge in [0, 0.05) is 30.1 Å². The van der Waals surface area contributed by atoms with E-state index in [0.29, 0.717) is 17.6 Å². The maximum Gasteiger partial charge on any atom is 0.252 e. The van der Waals surface area contributed by atoms with Gasteiger partial charge < -0.3 is 15.2 Å². The van der Waals surface area contributed by atoms with Crippen molar-refractivity contribution in [2.24, 2.45) is 0 Å². The first kappa shape index (κ1) is 17.9. The average Bonchev–Trinajstić information content (AvgIpc) is 2.65. The van der Waals surface area contributed by atoms with Crippen molar-refractivity contribution in [1.29, 1.82) is 0 Å². The van der Waals surface area contributed by atoms with Gasteiger partial charge in [0.15, 0.2) is 0 Å². The summed E-state index contributed by atoms with van der Waals surface area (Å²) in [6.45, 7) is 2.33. The highest BCUT2D eigenvalue weighted by Crippen LogP contribution is 2.14. The van der Waals surface area contributed by atoms with E-state index >= 15 is 0 Å². The van der Waals surface area contributed by atoms with Crippen molar-refractivity contribution in [3.05, 3.63) is 82.1 Å². The molecule has 26 heavy (non-hydrogen) atoms. The van der Waals surface area contributed by atoms with Gasteiger partial charge in [-0.2, -0.15) is 0 Å². The molecule has 0 bridgehead atoms. The molecule has 0 saturated carbocycles. The van der Waals surface area contributed by atoms with Crippen LogP contribution in [0, 0.1) is 0 Å². The van der Waals surface area contributed by atoms with Gasteiger partial charge in [0.25, 0.3) is 5.91 Å². The summed E-state index contributed by atoms with van der Waals surface area (Å²) in [5.74, 6) is -0.210. The van der Waals surface area contributed by atoms with Crippen molar-refractivity contribution in [3.63, 3.8) is 0 Å². The third kappa shape index (κ3) is 4.58. The molecule has 5 heteroatoms. The van der Waals surface area contributed by atoms with Gasteiger partial charge in [-0.05, 0) is 31.6 Å². The lowest BCUT2D eigenvalue weighted by molar-refractivity contribution is 0.0953. The first-order valence-electron chi connectivity index (χ1n) is 8.76. The van der Waals surface area contributed by atoms with Crippen LogP contribution in [0.5, 0.6) is 0 Å². The zero-order chi connectivity index (χ0) is 18.4. The number of hydrogen-bond acceptors (Lipinski definition) is 3. The Morgan fingerprint density at radius 2 is 1.81 bits per heavy atom. The Morgan fingerprint density at radius 3 is 2.62 bits per heavy atom. The summed E-state index contributed by atoms with van der Waals surface area (Å²) < 4.78 is 0. The van der Waals surface area contributed by atoms with E-state index in [1.807, 2.05) is 36.4 Å². The van der Waals surface area contributed by atoms with E-state index in [2.05, 4.69) is 34.4 Å². The molecular formula is C21H23N3O2. The number of fused-ring (bicyclic) bond motifs is 1. The van der Waals surface area contributed by atoms with Gasteiger partial charge in [-0.3, -0.25) is 9.59 Å². The van der Waals surface area contributed by atoms with Crippen molar-refractivity contribution >= 4 is 16.8 Å². The van der Waals surface area contributed by atoms with Gasteiger partial charge in [-0.25, -0.2) is 0 Å². The van der Waals surface area contributed by atoms with Crippen LogP contribution in [0.4, 0.5) is 0 Å². The van der Waals surface area contributed by atoms with Gasteiger partial charge in [0.1, 0.15) is 0 Å². The monoisotopic (exact) mass is 349 g/mol. The first-order chi connectivity index (χ1) is 12.6. The molecule has 1 aromatic heterocycles. The predicted molar refractivity (Wildman–Crippen MR) is 104 cm³/mol. The number of benzene rings is 2. The lowest BCUT2D eigenvalue weighted by atomic mass is 10.1. The van der Waals surface area contributed by atoms with Crippen LogP contribution in [0.3, 0.4) is 0 Å². The molecular weight excluding hydrogens is 326 g/mol. The van der Waals surface area contributed by atoms with Crippen LogP contribution in [0.2, 0.25) is 0 Å². The second kappa shape index (κ2) is 8.45. The van der Waals surface area contributed by atoms with Crippen LogP contribution in [0.25, 0.3) is 10.9 Å². The summed E-state index contributed by atoms with van der Waals surface area (Å²) >= 11 is 0. The first-order valence-corrected chi connectivity index (χ1v) is 8.76. The normalized spacial score (nSPS) is 11.0. The highest BCUT2D eigenvalue weighted by molar-refractivity contribution is 6.05. The number of carbonyl (C=O) groups excluding carboxylic acids is 1. The number of aromatic amines is 1. The van der Waals surface area contributed by atoms with E-state index in [-0.39, 0.29) is 11.5 Å². The summed E-state index contributed by atoms with van der Waals surface area (Å²) in [5, 5.41) is 3.67. The number of para-hydroxylation sites is 1. The van der Waals surface area contributed by atoms with Crippen LogP contribution in [0.15, 0.2) is 65.5 Å². The molecule has 0 aliphatic carbocycles. The molecule has 0 spiro atoms. The fourth-order valence-electron chi connectivity index (χ4n) is 3.01. The minimum absolute atomic E-state index is 0.210. The van der Waals surface area contributed by atoms with E-state index in [9.17, 15) is 9.59 Å². The van der Waals surface area contributed by atoms with E-state index in [1.165, 1.54) is 11.6 Å². The highest BCUT2D eigenvalue weighted by atomic mass is 16.2.